The molecule has 1 heterocycles. The largest absolute Gasteiger partial charge is 0.462 e. The van der Waals surface area contributed by atoms with Crippen molar-refractivity contribution in [1.82, 2.24) is 0 Å². The molecule has 0 bridgehead atoms. The normalized spacial score (nSPS) is 12.8. The third kappa shape index (κ3) is 4.68. The fourth-order valence-corrected chi connectivity index (χ4v) is 6.41. The molecule has 34 heavy (non-hydrogen) atoms. The number of anilines is 2. The predicted molar refractivity (Wildman–Crippen MR) is 134 cm³/mol. The lowest BCUT2D eigenvalue weighted by Crippen LogP contribution is -2.26. The third-order valence-electron chi connectivity index (χ3n) is 5.59. The second-order valence-electron chi connectivity index (χ2n) is 7.71. The highest BCUT2D eigenvalue weighted by molar-refractivity contribution is 7.92. The molecule has 1 aliphatic carbocycles. The van der Waals surface area contributed by atoms with Gasteiger partial charge < -0.3 is 10.1 Å². The van der Waals surface area contributed by atoms with Crippen LogP contribution in [0.25, 0.3) is 0 Å². The van der Waals surface area contributed by atoms with Gasteiger partial charge in [0.25, 0.3) is 15.9 Å². The highest BCUT2D eigenvalue weighted by Gasteiger charge is 2.28. The summed E-state index contributed by atoms with van der Waals surface area (Å²) in [6.45, 7) is 2.00. The van der Waals surface area contributed by atoms with Crippen LogP contribution in [0.3, 0.4) is 0 Å². The maximum atomic E-state index is 12.9. The lowest BCUT2D eigenvalue weighted by Gasteiger charge is -2.19. The van der Waals surface area contributed by atoms with Crippen molar-refractivity contribution in [1.29, 1.82) is 0 Å². The van der Waals surface area contributed by atoms with Crippen LogP contribution in [0.5, 0.6) is 0 Å². The maximum Gasteiger partial charge on any atom is 0.341 e. The molecule has 0 atom stereocenters. The standard InChI is InChI=1S/C24H23ClN2O5S2/c1-3-32-24(29)21-19-5-4-6-20(19)33-23(21)26-22(28)15-7-11-17(12-8-15)27(2)34(30,31)18-13-9-16(25)10-14-18/h7-14H,3-6H2,1-2H3,(H,26,28). The second kappa shape index (κ2) is 9.77. The summed E-state index contributed by atoms with van der Waals surface area (Å²) in [5.74, 6) is -0.818. The number of rotatable bonds is 7. The molecule has 3 aromatic rings. The number of hydrogen-bond acceptors (Lipinski definition) is 6. The van der Waals surface area contributed by atoms with E-state index in [0.29, 0.717) is 26.8 Å². The van der Waals surface area contributed by atoms with E-state index in [1.807, 2.05) is 0 Å². The van der Waals surface area contributed by atoms with Gasteiger partial charge in [-0.3, -0.25) is 9.10 Å². The Labute approximate surface area is 207 Å². The van der Waals surface area contributed by atoms with Crippen molar-refractivity contribution in [2.45, 2.75) is 31.1 Å². The molecule has 0 unspecified atom stereocenters. The number of thiophene rings is 1. The van der Waals surface area contributed by atoms with E-state index in [0.717, 1.165) is 34.0 Å². The molecule has 10 heteroatoms. The monoisotopic (exact) mass is 518 g/mol. The molecule has 1 aromatic heterocycles. The van der Waals surface area contributed by atoms with Gasteiger partial charge in [-0.2, -0.15) is 0 Å². The lowest BCUT2D eigenvalue weighted by atomic mass is 10.1. The van der Waals surface area contributed by atoms with E-state index < -0.39 is 16.0 Å². The van der Waals surface area contributed by atoms with E-state index in [2.05, 4.69) is 5.32 Å². The number of sulfonamides is 1. The van der Waals surface area contributed by atoms with Gasteiger partial charge in [-0.15, -0.1) is 11.3 Å². The summed E-state index contributed by atoms with van der Waals surface area (Å²) in [5.41, 5.74) is 2.14. The molecule has 0 aliphatic heterocycles. The highest BCUT2D eigenvalue weighted by atomic mass is 35.5. The molecule has 4 rings (SSSR count). The van der Waals surface area contributed by atoms with E-state index in [1.54, 1.807) is 31.2 Å². The quantitative estimate of drug-likeness (QED) is 0.437. The Balaban J connectivity index is 1.53. The van der Waals surface area contributed by atoms with Crippen LogP contribution in [0, 0.1) is 0 Å². The second-order valence-corrected chi connectivity index (χ2v) is 11.2. The van der Waals surface area contributed by atoms with Gasteiger partial charge in [-0.05, 0) is 80.3 Å². The molecular weight excluding hydrogens is 496 g/mol. The number of esters is 1. The van der Waals surface area contributed by atoms with Crippen molar-refractivity contribution in [2.24, 2.45) is 0 Å². The first-order valence-electron chi connectivity index (χ1n) is 10.7. The van der Waals surface area contributed by atoms with Gasteiger partial charge in [0.2, 0.25) is 0 Å². The molecule has 2 aromatic carbocycles. The number of amides is 1. The number of nitrogens with one attached hydrogen (secondary N) is 1. The zero-order valence-electron chi connectivity index (χ0n) is 18.6. The summed E-state index contributed by atoms with van der Waals surface area (Å²) in [7, 11) is -2.34. The molecule has 7 nitrogen and oxygen atoms in total. The van der Waals surface area contributed by atoms with Crippen LogP contribution in [0.1, 0.15) is 44.5 Å². The van der Waals surface area contributed by atoms with Gasteiger partial charge in [-0.1, -0.05) is 11.6 Å². The summed E-state index contributed by atoms with van der Waals surface area (Å²) in [5, 5.41) is 3.77. The highest BCUT2D eigenvalue weighted by Crippen LogP contribution is 2.39. The number of nitrogens with zero attached hydrogens (tertiary/aromatic N) is 1. The van der Waals surface area contributed by atoms with Crippen molar-refractivity contribution in [2.75, 3.05) is 23.3 Å². The average molecular weight is 519 g/mol. The Morgan fingerprint density at radius 1 is 1.09 bits per heavy atom. The number of ether oxygens (including phenoxy) is 1. The summed E-state index contributed by atoms with van der Waals surface area (Å²) >= 11 is 7.26. The SMILES string of the molecule is CCOC(=O)c1c(NC(=O)c2ccc(N(C)S(=O)(=O)c3ccc(Cl)cc3)cc2)sc2c1CCC2. The Morgan fingerprint density at radius 2 is 1.76 bits per heavy atom. The minimum Gasteiger partial charge on any atom is -0.462 e. The number of aryl methyl sites for hydroxylation is 1. The van der Waals surface area contributed by atoms with E-state index >= 15 is 0 Å². The van der Waals surface area contributed by atoms with Crippen molar-refractivity contribution in [3.63, 3.8) is 0 Å². The van der Waals surface area contributed by atoms with E-state index in [9.17, 15) is 18.0 Å². The van der Waals surface area contributed by atoms with Crippen LogP contribution >= 0.6 is 22.9 Å². The molecule has 0 saturated carbocycles. The van der Waals surface area contributed by atoms with Crippen LogP contribution in [-0.2, 0) is 27.6 Å². The molecule has 1 aliphatic rings. The summed E-state index contributed by atoms with van der Waals surface area (Å²) in [6, 6.07) is 12.1. The van der Waals surface area contributed by atoms with Crippen molar-refractivity contribution in [3.05, 3.63) is 75.1 Å². The van der Waals surface area contributed by atoms with Crippen LogP contribution in [-0.4, -0.2) is 33.9 Å². The number of carbonyl (C=O) groups is 2. The van der Waals surface area contributed by atoms with Crippen molar-refractivity contribution in [3.8, 4) is 0 Å². The molecule has 1 amide bonds. The van der Waals surface area contributed by atoms with Gasteiger partial charge in [0.1, 0.15) is 5.00 Å². The topological polar surface area (TPSA) is 92.8 Å². The minimum absolute atomic E-state index is 0.110. The zero-order valence-corrected chi connectivity index (χ0v) is 21.0. The van der Waals surface area contributed by atoms with Gasteiger partial charge in [-0.25, -0.2) is 13.2 Å². The zero-order chi connectivity index (χ0) is 24.5. The van der Waals surface area contributed by atoms with Crippen LogP contribution in [0.2, 0.25) is 5.02 Å². The van der Waals surface area contributed by atoms with Gasteiger partial charge in [0.15, 0.2) is 0 Å². The van der Waals surface area contributed by atoms with E-state index in [1.165, 1.54) is 42.6 Å². The Kier molecular flexibility index (Phi) is 6.97. The fourth-order valence-electron chi connectivity index (χ4n) is 3.81. The first-order chi connectivity index (χ1) is 16.2. The number of carbonyl (C=O) groups excluding carboxylic acids is 2. The van der Waals surface area contributed by atoms with Gasteiger partial charge in [0, 0.05) is 22.5 Å². The molecule has 0 fully saturated rings. The smallest absolute Gasteiger partial charge is 0.341 e. The fraction of sp³-hybridized carbons (Fsp3) is 0.250. The molecule has 1 N–H and O–H groups in total. The van der Waals surface area contributed by atoms with E-state index in [-0.39, 0.29) is 17.4 Å². The number of hydrogen-bond donors (Lipinski definition) is 1. The molecular formula is C24H23ClN2O5S2. The predicted octanol–water partition coefficient (Wildman–Crippen LogP) is 5.14. The van der Waals surface area contributed by atoms with Crippen molar-refractivity contribution < 1.29 is 22.7 Å². The Hall–Kier alpha value is -2.88. The Morgan fingerprint density at radius 3 is 2.41 bits per heavy atom. The molecule has 0 radical (unpaired) electrons. The third-order valence-corrected chi connectivity index (χ3v) is 8.85. The first-order valence-corrected chi connectivity index (χ1v) is 13.3. The summed E-state index contributed by atoms with van der Waals surface area (Å²) < 4.78 is 32.1. The number of benzene rings is 2. The summed E-state index contributed by atoms with van der Waals surface area (Å²) in [6.07, 6.45) is 2.65. The Bertz CT molecular complexity index is 1330. The van der Waals surface area contributed by atoms with Crippen molar-refractivity contribution >= 4 is 55.5 Å². The van der Waals surface area contributed by atoms with Gasteiger partial charge >= 0.3 is 5.97 Å². The number of halogens is 1. The van der Waals surface area contributed by atoms with Gasteiger partial charge in [0.05, 0.1) is 22.8 Å². The molecule has 0 saturated heterocycles. The average Bonchev–Trinajstić information content (AvgIpc) is 3.40. The molecule has 0 spiro atoms. The summed E-state index contributed by atoms with van der Waals surface area (Å²) in [4.78, 5) is 26.6. The lowest BCUT2D eigenvalue weighted by molar-refractivity contribution is 0.0527. The van der Waals surface area contributed by atoms with Crippen LogP contribution in [0.4, 0.5) is 10.7 Å². The maximum absolute atomic E-state index is 12.9. The first kappa shape index (κ1) is 24.3. The number of fused-ring (bicyclic) bond motifs is 1. The van der Waals surface area contributed by atoms with Crippen LogP contribution < -0.4 is 9.62 Å². The molecule has 178 valence electrons. The van der Waals surface area contributed by atoms with Crippen LogP contribution in [0.15, 0.2) is 53.4 Å². The minimum atomic E-state index is -3.79. The van der Waals surface area contributed by atoms with E-state index in [4.69, 9.17) is 16.3 Å².